The summed E-state index contributed by atoms with van der Waals surface area (Å²) in [5.74, 6) is 0.954. The minimum atomic E-state index is 0.0910. The van der Waals surface area contributed by atoms with Gasteiger partial charge in [0.25, 0.3) is 0 Å². The minimum Gasteiger partial charge on any atom is -0.493 e. The quantitative estimate of drug-likeness (QED) is 0.708. The molecule has 0 unspecified atom stereocenters. The molecule has 0 atom stereocenters. The van der Waals surface area contributed by atoms with E-state index in [0.717, 1.165) is 32.1 Å². The molecule has 14 heavy (non-hydrogen) atoms. The van der Waals surface area contributed by atoms with Crippen LogP contribution < -0.4 is 4.90 Å². The van der Waals surface area contributed by atoms with Gasteiger partial charge < -0.3 is 14.7 Å². The molecule has 0 saturated carbocycles. The fourth-order valence-corrected chi connectivity index (χ4v) is 2.09. The maximum Gasteiger partial charge on any atom is 0.212 e. The fraction of sp³-hybridized carbons (Fsp3) is 0.500. The minimum absolute atomic E-state index is 0.0910. The van der Waals surface area contributed by atoms with E-state index >= 15 is 0 Å². The van der Waals surface area contributed by atoms with Crippen molar-refractivity contribution in [3.05, 3.63) is 18.2 Å². The molecule has 1 aromatic rings. The Balaban J connectivity index is 1.73. The molecule has 0 aliphatic carbocycles. The molecule has 1 N–H and O–H groups in total. The van der Waals surface area contributed by atoms with Gasteiger partial charge in [-0.15, -0.1) is 0 Å². The standard InChI is InChI=1S/C10H12N2O2/c13-9-3-1-2-8(11-9)12-4-10(5-12)6-14-7-10/h1-3H,4-7H2,(H,11,13). The van der Waals surface area contributed by atoms with Crippen molar-refractivity contribution in [2.75, 3.05) is 31.2 Å². The molecule has 3 heterocycles. The smallest absolute Gasteiger partial charge is 0.212 e. The first-order valence-electron chi connectivity index (χ1n) is 4.76. The van der Waals surface area contributed by atoms with Gasteiger partial charge in [0.2, 0.25) is 5.88 Å². The second-order valence-electron chi connectivity index (χ2n) is 4.20. The number of hydrogen-bond donors (Lipinski definition) is 1. The molecule has 0 radical (unpaired) electrons. The lowest BCUT2D eigenvalue weighted by Gasteiger charge is -2.55. The zero-order valence-electron chi connectivity index (χ0n) is 7.81. The summed E-state index contributed by atoms with van der Waals surface area (Å²) < 4.78 is 5.19. The number of nitrogens with zero attached hydrogens (tertiary/aromatic N) is 2. The summed E-state index contributed by atoms with van der Waals surface area (Å²) in [6.45, 7) is 3.76. The van der Waals surface area contributed by atoms with Crippen LogP contribution in [0.4, 0.5) is 5.82 Å². The van der Waals surface area contributed by atoms with Crippen LogP contribution in [0.3, 0.4) is 0 Å². The Morgan fingerprint density at radius 2 is 2.14 bits per heavy atom. The average molecular weight is 192 g/mol. The number of aromatic hydroxyl groups is 1. The van der Waals surface area contributed by atoms with E-state index in [1.54, 1.807) is 6.07 Å². The lowest BCUT2D eigenvalue weighted by Crippen LogP contribution is -2.66. The second-order valence-corrected chi connectivity index (χ2v) is 4.20. The van der Waals surface area contributed by atoms with Crippen molar-refractivity contribution in [3.8, 4) is 5.88 Å². The van der Waals surface area contributed by atoms with Gasteiger partial charge in [-0.1, -0.05) is 6.07 Å². The zero-order chi connectivity index (χ0) is 9.60. The van der Waals surface area contributed by atoms with E-state index in [9.17, 15) is 5.11 Å². The molecule has 4 nitrogen and oxygen atoms in total. The van der Waals surface area contributed by atoms with Crippen LogP contribution in [0.25, 0.3) is 0 Å². The van der Waals surface area contributed by atoms with Crippen molar-refractivity contribution in [1.29, 1.82) is 0 Å². The number of ether oxygens (including phenoxy) is 1. The van der Waals surface area contributed by atoms with Crippen molar-refractivity contribution in [2.24, 2.45) is 5.41 Å². The fourth-order valence-electron chi connectivity index (χ4n) is 2.09. The van der Waals surface area contributed by atoms with Crippen LogP contribution in [0.2, 0.25) is 0 Å². The maximum absolute atomic E-state index is 9.22. The molecular formula is C10H12N2O2. The van der Waals surface area contributed by atoms with E-state index in [2.05, 4.69) is 9.88 Å². The highest BCUT2D eigenvalue weighted by Crippen LogP contribution is 2.39. The average Bonchev–Trinajstić information content (AvgIpc) is 1.98. The number of hydrogen-bond acceptors (Lipinski definition) is 4. The Kier molecular flexibility index (Phi) is 1.50. The topological polar surface area (TPSA) is 45.6 Å². The van der Waals surface area contributed by atoms with Gasteiger partial charge in [-0.25, -0.2) is 0 Å². The zero-order valence-corrected chi connectivity index (χ0v) is 7.81. The molecule has 0 amide bonds. The molecule has 0 aromatic carbocycles. The van der Waals surface area contributed by atoms with Gasteiger partial charge >= 0.3 is 0 Å². The SMILES string of the molecule is Oc1cccc(N2CC3(COC3)C2)n1. The van der Waals surface area contributed by atoms with Crippen molar-refractivity contribution in [3.63, 3.8) is 0 Å². The third-order valence-corrected chi connectivity index (χ3v) is 2.91. The van der Waals surface area contributed by atoms with E-state index in [1.807, 2.05) is 12.1 Å². The maximum atomic E-state index is 9.22. The molecule has 2 aliphatic heterocycles. The largest absolute Gasteiger partial charge is 0.493 e. The molecule has 2 saturated heterocycles. The number of rotatable bonds is 1. The molecule has 2 fully saturated rings. The predicted molar refractivity (Wildman–Crippen MR) is 51.4 cm³/mol. The Bertz CT molecular complexity index is 355. The van der Waals surface area contributed by atoms with Crippen LogP contribution in [0.15, 0.2) is 18.2 Å². The van der Waals surface area contributed by atoms with Gasteiger partial charge in [0.15, 0.2) is 0 Å². The molecule has 0 bridgehead atoms. The summed E-state index contributed by atoms with van der Waals surface area (Å²) in [6, 6.07) is 5.33. The summed E-state index contributed by atoms with van der Waals surface area (Å²) in [4.78, 5) is 6.23. The lowest BCUT2D eigenvalue weighted by molar-refractivity contribution is -0.127. The highest BCUT2D eigenvalue weighted by Gasteiger charge is 2.49. The summed E-state index contributed by atoms with van der Waals surface area (Å²) in [7, 11) is 0. The van der Waals surface area contributed by atoms with Crippen LogP contribution in [-0.4, -0.2) is 36.4 Å². The molecular weight excluding hydrogens is 180 g/mol. The van der Waals surface area contributed by atoms with Gasteiger partial charge in [-0.2, -0.15) is 4.98 Å². The summed E-state index contributed by atoms with van der Waals surface area (Å²) in [5, 5.41) is 9.22. The number of anilines is 1. The van der Waals surface area contributed by atoms with E-state index < -0.39 is 0 Å². The van der Waals surface area contributed by atoms with E-state index in [1.165, 1.54) is 0 Å². The normalized spacial score (nSPS) is 23.0. The molecule has 2 aliphatic rings. The number of pyridine rings is 1. The first-order valence-corrected chi connectivity index (χ1v) is 4.76. The first-order chi connectivity index (χ1) is 6.77. The Hall–Kier alpha value is -1.29. The van der Waals surface area contributed by atoms with Crippen molar-refractivity contribution in [1.82, 2.24) is 4.98 Å². The molecule has 4 heteroatoms. The van der Waals surface area contributed by atoms with Gasteiger partial charge in [0, 0.05) is 19.2 Å². The van der Waals surface area contributed by atoms with Gasteiger partial charge in [-0.3, -0.25) is 0 Å². The predicted octanol–water partition coefficient (Wildman–Crippen LogP) is 0.624. The first kappa shape index (κ1) is 8.05. The molecule has 1 spiro atoms. The van der Waals surface area contributed by atoms with Crippen LogP contribution in [0, 0.1) is 5.41 Å². The van der Waals surface area contributed by atoms with Gasteiger partial charge in [0.05, 0.1) is 18.6 Å². The lowest BCUT2D eigenvalue weighted by atomic mass is 9.78. The van der Waals surface area contributed by atoms with Crippen LogP contribution in [0.5, 0.6) is 5.88 Å². The summed E-state index contributed by atoms with van der Waals surface area (Å²) >= 11 is 0. The van der Waals surface area contributed by atoms with Crippen LogP contribution in [-0.2, 0) is 4.74 Å². The Labute approximate surface area is 82.1 Å². The second kappa shape index (κ2) is 2.60. The van der Waals surface area contributed by atoms with Crippen molar-refractivity contribution in [2.45, 2.75) is 0 Å². The summed E-state index contributed by atoms with van der Waals surface area (Å²) in [6.07, 6.45) is 0. The Morgan fingerprint density at radius 3 is 2.71 bits per heavy atom. The third-order valence-electron chi connectivity index (χ3n) is 2.91. The Morgan fingerprint density at radius 1 is 1.36 bits per heavy atom. The van der Waals surface area contributed by atoms with E-state index in [4.69, 9.17) is 4.74 Å². The number of aromatic nitrogens is 1. The van der Waals surface area contributed by atoms with Crippen molar-refractivity contribution >= 4 is 5.82 Å². The van der Waals surface area contributed by atoms with E-state index in [0.29, 0.717) is 5.41 Å². The highest BCUT2D eigenvalue weighted by atomic mass is 16.5. The van der Waals surface area contributed by atoms with Crippen LogP contribution in [0.1, 0.15) is 0 Å². The van der Waals surface area contributed by atoms with Gasteiger partial charge in [-0.05, 0) is 6.07 Å². The molecule has 74 valence electrons. The van der Waals surface area contributed by atoms with Crippen molar-refractivity contribution < 1.29 is 9.84 Å². The summed E-state index contributed by atoms with van der Waals surface area (Å²) in [5.41, 5.74) is 0.396. The molecule has 1 aromatic heterocycles. The molecule has 3 rings (SSSR count). The van der Waals surface area contributed by atoms with Gasteiger partial charge in [0.1, 0.15) is 5.82 Å². The van der Waals surface area contributed by atoms with Crippen LogP contribution >= 0.6 is 0 Å². The van der Waals surface area contributed by atoms with E-state index in [-0.39, 0.29) is 5.88 Å². The highest BCUT2D eigenvalue weighted by molar-refractivity contribution is 5.45. The third kappa shape index (κ3) is 1.07. The monoisotopic (exact) mass is 192 g/mol.